The van der Waals surface area contributed by atoms with E-state index in [0.717, 1.165) is 60.9 Å². The topological polar surface area (TPSA) is 81.3 Å². The third-order valence-corrected chi connectivity index (χ3v) is 7.56. The zero-order chi connectivity index (χ0) is 25.5. The van der Waals surface area contributed by atoms with Crippen LogP contribution in [0.25, 0.3) is 16.5 Å². The van der Waals surface area contributed by atoms with E-state index in [4.69, 9.17) is 10.2 Å². The number of carbonyl (C=O) groups excluding carboxylic acids is 1. The lowest BCUT2D eigenvalue weighted by Crippen LogP contribution is -2.44. The second-order valence-electron chi connectivity index (χ2n) is 9.76. The predicted octanol–water partition coefficient (Wildman–Crippen LogP) is 3.81. The van der Waals surface area contributed by atoms with Gasteiger partial charge in [-0.25, -0.2) is 9.67 Å². The van der Waals surface area contributed by atoms with E-state index >= 15 is 0 Å². The van der Waals surface area contributed by atoms with Crippen LogP contribution < -0.4 is 9.80 Å². The first-order valence-electron chi connectivity index (χ1n) is 12.8. The molecule has 0 bridgehead atoms. The number of carbonyl (C=O) groups is 1. The molecule has 1 amide bonds. The van der Waals surface area contributed by atoms with Crippen LogP contribution in [0.4, 0.5) is 11.5 Å². The standard InChI is InChI=1S/C29H29N7O/c1-3-26-25(19-32-36(26)23-6-4-20(18-30)5-7-23)29(37)35-11-9-22-16-21-8-10-31-28(24(21)17-27(22)35)34-14-12-33(2)13-15-34/h4-8,10,16-17,19H,3,9,11-15H2,1-2H3. The summed E-state index contributed by atoms with van der Waals surface area (Å²) in [7, 11) is 2.15. The summed E-state index contributed by atoms with van der Waals surface area (Å²) < 4.78 is 1.81. The van der Waals surface area contributed by atoms with Gasteiger partial charge in [-0.2, -0.15) is 10.4 Å². The molecule has 2 aliphatic heterocycles. The lowest BCUT2D eigenvalue weighted by atomic mass is 10.0. The third-order valence-electron chi connectivity index (χ3n) is 7.56. The van der Waals surface area contributed by atoms with Crippen LogP contribution in [-0.2, 0) is 12.8 Å². The molecule has 0 aliphatic carbocycles. The number of aromatic nitrogens is 3. The Hall–Kier alpha value is -4.22. The molecule has 4 aromatic rings. The van der Waals surface area contributed by atoms with Gasteiger partial charge in [0.1, 0.15) is 5.82 Å². The molecule has 0 unspecified atom stereocenters. The summed E-state index contributed by atoms with van der Waals surface area (Å²) in [6.45, 7) is 6.58. The van der Waals surface area contributed by atoms with E-state index in [2.05, 4.69) is 46.2 Å². The van der Waals surface area contributed by atoms with Crippen LogP contribution in [-0.4, -0.2) is 65.3 Å². The fourth-order valence-corrected chi connectivity index (χ4v) is 5.46. The van der Waals surface area contributed by atoms with Gasteiger partial charge < -0.3 is 14.7 Å². The molecule has 0 spiro atoms. The highest BCUT2D eigenvalue weighted by atomic mass is 16.2. The maximum Gasteiger partial charge on any atom is 0.261 e. The van der Waals surface area contributed by atoms with Gasteiger partial charge in [-0.3, -0.25) is 4.79 Å². The summed E-state index contributed by atoms with van der Waals surface area (Å²) in [5.74, 6) is 0.968. The Morgan fingerprint density at radius 1 is 1.05 bits per heavy atom. The summed E-state index contributed by atoms with van der Waals surface area (Å²) in [6, 6.07) is 15.9. The van der Waals surface area contributed by atoms with Crippen molar-refractivity contribution in [2.45, 2.75) is 19.8 Å². The fraction of sp³-hybridized carbons (Fsp3) is 0.310. The SMILES string of the molecule is CCc1c(C(=O)N2CCc3cc4ccnc(N5CCN(C)CC5)c4cc32)cnn1-c1ccc(C#N)cc1. The number of hydrogen-bond acceptors (Lipinski definition) is 6. The first kappa shape index (κ1) is 23.2. The van der Waals surface area contributed by atoms with E-state index in [-0.39, 0.29) is 5.91 Å². The minimum absolute atomic E-state index is 0.0279. The van der Waals surface area contributed by atoms with Crippen molar-refractivity contribution < 1.29 is 4.79 Å². The van der Waals surface area contributed by atoms with Crippen molar-refractivity contribution in [2.24, 2.45) is 0 Å². The Labute approximate surface area is 216 Å². The van der Waals surface area contributed by atoms with Gasteiger partial charge in [0.2, 0.25) is 0 Å². The van der Waals surface area contributed by atoms with Gasteiger partial charge in [0.15, 0.2) is 0 Å². The van der Waals surface area contributed by atoms with Crippen LogP contribution in [0.15, 0.2) is 54.9 Å². The maximum absolute atomic E-state index is 13.9. The zero-order valence-electron chi connectivity index (χ0n) is 21.2. The average Bonchev–Trinajstić information content (AvgIpc) is 3.56. The molecule has 0 atom stereocenters. The molecular weight excluding hydrogens is 462 g/mol. The van der Waals surface area contributed by atoms with Crippen molar-refractivity contribution in [2.75, 3.05) is 49.6 Å². The minimum Gasteiger partial charge on any atom is -0.354 e. The molecule has 8 nitrogen and oxygen atoms in total. The van der Waals surface area contributed by atoms with Crippen molar-refractivity contribution in [1.29, 1.82) is 5.26 Å². The molecule has 2 aliphatic rings. The van der Waals surface area contributed by atoms with Crippen LogP contribution >= 0.6 is 0 Å². The molecule has 0 saturated carbocycles. The van der Waals surface area contributed by atoms with Crippen LogP contribution in [0.3, 0.4) is 0 Å². The molecule has 6 rings (SSSR count). The van der Waals surface area contributed by atoms with Crippen LogP contribution in [0, 0.1) is 11.3 Å². The number of benzene rings is 2. The Bertz CT molecular complexity index is 1520. The van der Waals surface area contributed by atoms with Crippen molar-refractivity contribution in [1.82, 2.24) is 19.7 Å². The number of nitriles is 1. The van der Waals surface area contributed by atoms with E-state index in [1.165, 1.54) is 10.9 Å². The number of fused-ring (bicyclic) bond motifs is 2. The molecule has 37 heavy (non-hydrogen) atoms. The lowest BCUT2D eigenvalue weighted by molar-refractivity contribution is 0.0988. The highest BCUT2D eigenvalue weighted by Gasteiger charge is 2.30. The highest BCUT2D eigenvalue weighted by Crippen LogP contribution is 2.37. The molecule has 4 heterocycles. The van der Waals surface area contributed by atoms with Crippen LogP contribution in [0.1, 0.15) is 34.1 Å². The van der Waals surface area contributed by atoms with Crippen LogP contribution in [0.2, 0.25) is 0 Å². The van der Waals surface area contributed by atoms with E-state index in [1.54, 1.807) is 23.0 Å². The molecule has 1 saturated heterocycles. The van der Waals surface area contributed by atoms with Crippen molar-refractivity contribution in [3.8, 4) is 11.8 Å². The van der Waals surface area contributed by atoms with Crippen molar-refractivity contribution >= 4 is 28.2 Å². The van der Waals surface area contributed by atoms with Gasteiger partial charge in [0.05, 0.1) is 34.8 Å². The summed E-state index contributed by atoms with van der Waals surface area (Å²) in [5, 5.41) is 15.9. The van der Waals surface area contributed by atoms with Crippen molar-refractivity contribution in [3.05, 3.63) is 77.2 Å². The molecular formula is C29H29N7O. The second kappa shape index (κ2) is 9.34. The minimum atomic E-state index is -0.0279. The smallest absolute Gasteiger partial charge is 0.261 e. The Morgan fingerprint density at radius 3 is 2.57 bits per heavy atom. The predicted molar refractivity (Wildman–Crippen MR) is 144 cm³/mol. The number of anilines is 2. The van der Waals surface area contributed by atoms with Gasteiger partial charge in [-0.15, -0.1) is 0 Å². The second-order valence-corrected chi connectivity index (χ2v) is 9.76. The van der Waals surface area contributed by atoms with Gasteiger partial charge in [0.25, 0.3) is 5.91 Å². The first-order valence-corrected chi connectivity index (χ1v) is 12.8. The molecule has 186 valence electrons. The Balaban J connectivity index is 1.36. The summed E-state index contributed by atoms with van der Waals surface area (Å²) in [4.78, 5) is 25.2. The number of pyridine rings is 1. The van der Waals surface area contributed by atoms with Crippen molar-refractivity contribution in [3.63, 3.8) is 0 Å². The van der Waals surface area contributed by atoms with Gasteiger partial charge in [-0.1, -0.05) is 6.92 Å². The molecule has 8 heteroatoms. The van der Waals surface area contributed by atoms with E-state index in [1.807, 2.05) is 30.2 Å². The first-order chi connectivity index (χ1) is 18.1. The number of amides is 1. The Kier molecular flexibility index (Phi) is 5.85. The fourth-order valence-electron chi connectivity index (χ4n) is 5.46. The molecule has 0 radical (unpaired) electrons. The summed E-state index contributed by atoms with van der Waals surface area (Å²) in [5.41, 5.74) is 5.07. The molecule has 2 aromatic carbocycles. The number of nitrogens with zero attached hydrogens (tertiary/aromatic N) is 7. The normalized spacial score (nSPS) is 15.7. The van der Waals surface area contributed by atoms with Gasteiger partial charge >= 0.3 is 0 Å². The van der Waals surface area contributed by atoms with E-state index < -0.39 is 0 Å². The Morgan fingerprint density at radius 2 is 1.84 bits per heavy atom. The molecule has 0 N–H and O–H groups in total. The maximum atomic E-state index is 13.9. The number of piperazine rings is 1. The monoisotopic (exact) mass is 491 g/mol. The average molecular weight is 492 g/mol. The summed E-state index contributed by atoms with van der Waals surface area (Å²) >= 11 is 0. The third kappa shape index (κ3) is 4.02. The van der Waals surface area contributed by atoms with Gasteiger partial charge in [-0.05, 0) is 73.3 Å². The molecule has 1 fully saturated rings. The van der Waals surface area contributed by atoms with E-state index in [9.17, 15) is 4.79 Å². The highest BCUT2D eigenvalue weighted by molar-refractivity contribution is 6.09. The molecule has 2 aromatic heterocycles. The lowest BCUT2D eigenvalue weighted by Gasteiger charge is -2.34. The van der Waals surface area contributed by atoms with Crippen LogP contribution in [0.5, 0.6) is 0 Å². The number of rotatable bonds is 4. The quantitative estimate of drug-likeness (QED) is 0.432. The zero-order valence-corrected chi connectivity index (χ0v) is 21.2. The summed E-state index contributed by atoms with van der Waals surface area (Å²) in [6.07, 6.45) is 5.06. The number of likely N-dealkylation sites (N-methyl/N-ethyl adjacent to an activating group) is 1. The van der Waals surface area contributed by atoms with E-state index in [0.29, 0.717) is 24.1 Å². The number of hydrogen-bond donors (Lipinski definition) is 0. The van der Waals surface area contributed by atoms with Gasteiger partial charge in [0, 0.05) is 50.0 Å². The largest absolute Gasteiger partial charge is 0.354 e.